The molecule has 1 N–H and O–H groups in total. The van der Waals surface area contributed by atoms with Crippen molar-refractivity contribution < 1.29 is 19.2 Å². The van der Waals surface area contributed by atoms with Crippen molar-refractivity contribution in [3.05, 3.63) is 75.8 Å². The number of amides is 1. The molecule has 3 rings (SSSR count). The number of carbonyl (C=O) groups is 2. The molecule has 2 atom stereocenters. The summed E-state index contributed by atoms with van der Waals surface area (Å²) in [7, 11) is 0. The molecule has 0 radical (unpaired) electrons. The van der Waals surface area contributed by atoms with Crippen LogP contribution in [0.15, 0.2) is 54.6 Å². The van der Waals surface area contributed by atoms with E-state index >= 15 is 0 Å². The van der Waals surface area contributed by atoms with Crippen LogP contribution in [0.5, 0.6) is 0 Å². The number of carbonyl (C=O) groups excluding carboxylic acids is 2. The second-order valence-corrected chi connectivity index (χ2v) is 5.40. The van der Waals surface area contributed by atoms with E-state index in [1.807, 2.05) is 0 Å². The molecule has 2 aromatic carbocycles. The van der Waals surface area contributed by atoms with Gasteiger partial charge in [-0.1, -0.05) is 18.2 Å². The summed E-state index contributed by atoms with van der Waals surface area (Å²) >= 11 is 0. The van der Waals surface area contributed by atoms with Gasteiger partial charge in [0.1, 0.15) is 12.1 Å². The summed E-state index contributed by atoms with van der Waals surface area (Å²) in [5.74, 6) is -0.857. The van der Waals surface area contributed by atoms with E-state index in [4.69, 9.17) is 4.74 Å². The van der Waals surface area contributed by atoms with Gasteiger partial charge < -0.3 is 10.1 Å². The molecule has 0 bridgehead atoms. The second-order valence-electron chi connectivity index (χ2n) is 5.40. The fraction of sp³-hybridized carbons (Fsp3) is 0.176. The quantitative estimate of drug-likeness (QED) is 0.528. The van der Waals surface area contributed by atoms with Crippen molar-refractivity contribution in [3.63, 3.8) is 0 Å². The third-order valence-corrected chi connectivity index (χ3v) is 3.81. The molecule has 7 nitrogen and oxygen atoms in total. The van der Waals surface area contributed by atoms with Crippen LogP contribution in [-0.2, 0) is 9.53 Å². The highest BCUT2D eigenvalue weighted by atomic mass is 16.6. The van der Waals surface area contributed by atoms with Crippen LogP contribution in [0, 0.1) is 10.1 Å². The van der Waals surface area contributed by atoms with Gasteiger partial charge >= 0.3 is 5.97 Å². The average Bonchev–Trinajstić information content (AvgIpc) is 2.96. The monoisotopic (exact) mass is 326 g/mol. The molecule has 0 aliphatic carbocycles. The Labute approximate surface area is 137 Å². The van der Waals surface area contributed by atoms with Crippen molar-refractivity contribution in [2.45, 2.75) is 18.6 Å². The number of nitro benzene ring substituents is 1. The molecular formula is C17H14N2O5. The van der Waals surface area contributed by atoms with Crippen LogP contribution in [0.25, 0.3) is 0 Å². The summed E-state index contributed by atoms with van der Waals surface area (Å²) < 4.78 is 5.27. The van der Waals surface area contributed by atoms with Crippen LogP contribution < -0.4 is 5.32 Å². The van der Waals surface area contributed by atoms with Gasteiger partial charge in [-0.2, -0.15) is 0 Å². The summed E-state index contributed by atoms with van der Waals surface area (Å²) in [6, 6.07) is 13.7. The van der Waals surface area contributed by atoms with E-state index in [-0.39, 0.29) is 18.0 Å². The lowest BCUT2D eigenvalue weighted by Crippen LogP contribution is -2.37. The van der Waals surface area contributed by atoms with E-state index in [2.05, 4.69) is 5.32 Å². The van der Waals surface area contributed by atoms with Crippen LogP contribution in [0.4, 0.5) is 5.69 Å². The lowest BCUT2D eigenvalue weighted by molar-refractivity contribution is -0.384. The number of nitrogens with zero attached hydrogens (tertiary/aromatic N) is 1. The predicted octanol–water partition coefficient (Wildman–Crippen LogP) is 2.38. The maximum atomic E-state index is 12.1. The van der Waals surface area contributed by atoms with Crippen molar-refractivity contribution in [1.82, 2.24) is 5.32 Å². The number of nitrogens with one attached hydrogen (secondary N) is 1. The van der Waals surface area contributed by atoms with Gasteiger partial charge in [-0.05, 0) is 29.8 Å². The molecule has 1 heterocycles. The largest absolute Gasteiger partial charge is 0.456 e. The number of rotatable bonds is 4. The lowest BCUT2D eigenvalue weighted by Gasteiger charge is -2.09. The topological polar surface area (TPSA) is 98.5 Å². The molecule has 24 heavy (non-hydrogen) atoms. The molecule has 1 saturated heterocycles. The first-order valence-electron chi connectivity index (χ1n) is 7.35. The van der Waals surface area contributed by atoms with Gasteiger partial charge in [0.05, 0.1) is 4.92 Å². The Morgan fingerprint density at radius 3 is 2.42 bits per heavy atom. The van der Waals surface area contributed by atoms with Gasteiger partial charge in [0.25, 0.3) is 11.6 Å². The van der Waals surface area contributed by atoms with Crippen LogP contribution in [-0.4, -0.2) is 22.8 Å². The molecule has 0 unspecified atom stereocenters. The first kappa shape index (κ1) is 15.7. The normalized spacial score (nSPS) is 19.6. The number of ether oxygens (including phenoxy) is 1. The zero-order chi connectivity index (χ0) is 17.1. The Bertz CT molecular complexity index is 773. The SMILES string of the molecule is O=C(N[C@@H]1C[C@H](c2ccc([N+](=O)[O-])cc2)OC1=O)c1ccccc1. The standard InChI is InChI=1S/C17H14N2O5/c20-16(12-4-2-1-3-5-12)18-14-10-15(24-17(14)21)11-6-8-13(9-7-11)19(22)23/h1-9,14-15H,10H2,(H,18,20)/t14-,15-/m1/s1. The third-order valence-electron chi connectivity index (χ3n) is 3.81. The van der Waals surface area contributed by atoms with Crippen LogP contribution in [0.3, 0.4) is 0 Å². The van der Waals surface area contributed by atoms with E-state index in [0.29, 0.717) is 11.1 Å². The molecular weight excluding hydrogens is 312 g/mol. The molecule has 0 spiro atoms. The summed E-state index contributed by atoms with van der Waals surface area (Å²) in [6.07, 6.45) is -0.241. The Balaban J connectivity index is 1.67. The second kappa shape index (κ2) is 6.49. The molecule has 1 amide bonds. The molecule has 122 valence electrons. The summed E-state index contributed by atoms with van der Waals surface area (Å²) in [6.45, 7) is 0. The number of benzene rings is 2. The first-order valence-corrected chi connectivity index (χ1v) is 7.35. The average molecular weight is 326 g/mol. The fourth-order valence-corrected chi connectivity index (χ4v) is 2.54. The molecule has 0 saturated carbocycles. The van der Waals surface area contributed by atoms with Gasteiger partial charge in [0, 0.05) is 24.1 Å². The van der Waals surface area contributed by atoms with Crippen LogP contribution in [0.1, 0.15) is 28.4 Å². The number of non-ortho nitro benzene ring substituents is 1. The van der Waals surface area contributed by atoms with E-state index in [9.17, 15) is 19.7 Å². The zero-order valence-electron chi connectivity index (χ0n) is 12.5. The summed E-state index contributed by atoms with van der Waals surface area (Å²) in [5.41, 5.74) is 1.09. The van der Waals surface area contributed by atoms with Gasteiger partial charge in [-0.25, -0.2) is 4.79 Å². The van der Waals surface area contributed by atoms with Gasteiger partial charge in [0.2, 0.25) is 0 Å². The number of hydrogen-bond acceptors (Lipinski definition) is 5. The fourth-order valence-electron chi connectivity index (χ4n) is 2.54. The number of esters is 1. The summed E-state index contributed by atoms with van der Waals surface area (Å²) in [4.78, 5) is 34.2. The highest BCUT2D eigenvalue weighted by Gasteiger charge is 2.36. The molecule has 1 fully saturated rings. The number of nitro groups is 1. The van der Waals surface area contributed by atoms with Crippen molar-refractivity contribution >= 4 is 17.6 Å². The minimum Gasteiger partial charge on any atom is -0.456 e. The smallest absolute Gasteiger partial charge is 0.329 e. The van der Waals surface area contributed by atoms with Crippen LogP contribution in [0.2, 0.25) is 0 Å². The zero-order valence-corrected chi connectivity index (χ0v) is 12.5. The van der Waals surface area contributed by atoms with Crippen molar-refractivity contribution in [1.29, 1.82) is 0 Å². The Morgan fingerprint density at radius 2 is 1.79 bits per heavy atom. The van der Waals surface area contributed by atoms with Crippen molar-refractivity contribution in [3.8, 4) is 0 Å². The maximum absolute atomic E-state index is 12.1. The highest BCUT2D eigenvalue weighted by molar-refractivity contribution is 5.97. The number of cyclic esters (lactones) is 1. The van der Waals surface area contributed by atoms with E-state index in [0.717, 1.165) is 0 Å². The Hall–Kier alpha value is -3.22. The Morgan fingerprint density at radius 1 is 1.12 bits per heavy atom. The van der Waals surface area contributed by atoms with Crippen molar-refractivity contribution in [2.75, 3.05) is 0 Å². The first-order chi connectivity index (χ1) is 11.5. The third kappa shape index (κ3) is 3.24. The van der Waals surface area contributed by atoms with E-state index in [1.165, 1.54) is 12.1 Å². The van der Waals surface area contributed by atoms with Crippen LogP contribution >= 0.6 is 0 Å². The lowest BCUT2D eigenvalue weighted by atomic mass is 10.0. The molecule has 1 aliphatic heterocycles. The Kier molecular flexibility index (Phi) is 4.24. The predicted molar refractivity (Wildman–Crippen MR) is 84.2 cm³/mol. The molecule has 7 heteroatoms. The van der Waals surface area contributed by atoms with E-state index in [1.54, 1.807) is 42.5 Å². The van der Waals surface area contributed by atoms with Gasteiger partial charge in [-0.15, -0.1) is 0 Å². The molecule has 2 aromatic rings. The molecule has 1 aliphatic rings. The van der Waals surface area contributed by atoms with Gasteiger partial charge in [0.15, 0.2) is 0 Å². The minimum atomic E-state index is -0.738. The van der Waals surface area contributed by atoms with Crippen molar-refractivity contribution in [2.24, 2.45) is 0 Å². The summed E-state index contributed by atoms with van der Waals surface area (Å²) in [5, 5.41) is 13.3. The highest BCUT2D eigenvalue weighted by Crippen LogP contribution is 2.30. The molecule has 0 aromatic heterocycles. The minimum absolute atomic E-state index is 0.0306. The number of hydrogen-bond donors (Lipinski definition) is 1. The van der Waals surface area contributed by atoms with Gasteiger partial charge in [-0.3, -0.25) is 14.9 Å². The van der Waals surface area contributed by atoms with E-state index < -0.39 is 23.0 Å². The maximum Gasteiger partial charge on any atom is 0.329 e.